The summed E-state index contributed by atoms with van der Waals surface area (Å²) in [5.41, 5.74) is 9.32. The van der Waals surface area contributed by atoms with Gasteiger partial charge in [0.1, 0.15) is 0 Å². The fraction of sp³-hybridized carbons (Fsp3) is 0.611. The second-order valence-corrected chi connectivity index (χ2v) is 7.55. The fourth-order valence-electron chi connectivity index (χ4n) is 5.63. The maximum absolute atomic E-state index is 12.9. The summed E-state index contributed by atoms with van der Waals surface area (Å²) in [5.74, 6) is 4.06. The third-order valence-electron chi connectivity index (χ3n) is 6.57. The number of anilines is 1. The number of nitrogens with two attached hydrogens (primary N) is 1. The number of hydrogen-bond acceptors (Lipinski definition) is 2. The van der Waals surface area contributed by atoms with Crippen molar-refractivity contribution in [3.8, 4) is 0 Å². The summed E-state index contributed by atoms with van der Waals surface area (Å²) < 4.78 is 0. The number of hydrogen-bond donors (Lipinski definition) is 1. The second-order valence-electron chi connectivity index (χ2n) is 7.55. The third-order valence-corrected chi connectivity index (χ3v) is 6.57. The van der Waals surface area contributed by atoms with Crippen LogP contribution in [0.15, 0.2) is 18.2 Å². The molecule has 4 unspecified atom stereocenters. The highest BCUT2D eigenvalue weighted by atomic mass is 16.2. The molecule has 0 spiro atoms. The number of carbonyl (C=O) groups is 1. The lowest BCUT2D eigenvalue weighted by atomic mass is 9.97. The molecule has 0 saturated heterocycles. The monoisotopic (exact) mass is 282 g/mol. The van der Waals surface area contributed by atoms with Crippen LogP contribution in [-0.2, 0) is 17.8 Å². The molecule has 2 N–H and O–H groups in total. The summed E-state index contributed by atoms with van der Waals surface area (Å²) in [6, 6.07) is 6.14. The van der Waals surface area contributed by atoms with Crippen molar-refractivity contribution in [3.05, 3.63) is 29.3 Å². The van der Waals surface area contributed by atoms with E-state index in [-0.39, 0.29) is 0 Å². The highest BCUT2D eigenvalue weighted by molar-refractivity contribution is 5.83. The number of amides is 1. The zero-order chi connectivity index (χ0) is 14.1. The van der Waals surface area contributed by atoms with E-state index >= 15 is 0 Å². The zero-order valence-electron chi connectivity index (χ0n) is 12.3. The van der Waals surface area contributed by atoms with Crippen molar-refractivity contribution in [1.82, 2.24) is 4.90 Å². The van der Waals surface area contributed by atoms with Gasteiger partial charge in [-0.1, -0.05) is 6.07 Å². The van der Waals surface area contributed by atoms with E-state index in [0.717, 1.165) is 48.9 Å². The summed E-state index contributed by atoms with van der Waals surface area (Å²) >= 11 is 0. The summed E-state index contributed by atoms with van der Waals surface area (Å²) in [7, 11) is 0. The van der Waals surface area contributed by atoms with Gasteiger partial charge >= 0.3 is 0 Å². The maximum atomic E-state index is 12.9. The van der Waals surface area contributed by atoms with Crippen molar-refractivity contribution in [1.29, 1.82) is 0 Å². The van der Waals surface area contributed by atoms with Crippen molar-refractivity contribution in [2.24, 2.45) is 29.6 Å². The van der Waals surface area contributed by atoms with Crippen molar-refractivity contribution in [2.45, 2.75) is 32.2 Å². The Hall–Kier alpha value is -1.51. The average molecular weight is 282 g/mol. The Balaban J connectivity index is 1.35. The molecule has 1 aliphatic heterocycles. The minimum absolute atomic E-state index is 0.374. The minimum Gasteiger partial charge on any atom is -0.399 e. The lowest BCUT2D eigenvalue weighted by molar-refractivity contribution is -0.134. The molecule has 5 rings (SSSR count). The first kappa shape index (κ1) is 12.1. The van der Waals surface area contributed by atoms with Crippen LogP contribution in [0.25, 0.3) is 0 Å². The first-order valence-corrected chi connectivity index (χ1v) is 8.38. The van der Waals surface area contributed by atoms with E-state index < -0.39 is 0 Å². The number of nitrogens with zero attached hydrogens (tertiary/aromatic N) is 1. The van der Waals surface area contributed by atoms with Crippen LogP contribution < -0.4 is 5.73 Å². The molecule has 4 atom stereocenters. The summed E-state index contributed by atoms with van der Waals surface area (Å²) in [4.78, 5) is 15.0. The van der Waals surface area contributed by atoms with Crippen LogP contribution >= 0.6 is 0 Å². The van der Waals surface area contributed by atoms with Crippen LogP contribution in [-0.4, -0.2) is 17.4 Å². The van der Waals surface area contributed by atoms with Gasteiger partial charge in [-0.05, 0) is 72.6 Å². The lowest BCUT2D eigenvalue weighted by Gasteiger charge is -2.30. The number of nitrogen functional groups attached to an aromatic ring is 1. The average Bonchev–Trinajstić information content (AvgIpc) is 2.92. The van der Waals surface area contributed by atoms with Crippen LogP contribution in [0.2, 0.25) is 0 Å². The van der Waals surface area contributed by atoms with Crippen LogP contribution in [0.4, 0.5) is 5.69 Å². The van der Waals surface area contributed by atoms with Gasteiger partial charge in [-0.15, -0.1) is 0 Å². The molecule has 110 valence electrons. The Morgan fingerprint density at radius 3 is 2.67 bits per heavy atom. The van der Waals surface area contributed by atoms with Gasteiger partial charge in [0.15, 0.2) is 0 Å². The molecule has 0 radical (unpaired) electrons. The molecule has 2 bridgehead atoms. The van der Waals surface area contributed by atoms with Gasteiger partial charge in [-0.2, -0.15) is 0 Å². The van der Waals surface area contributed by atoms with E-state index in [9.17, 15) is 4.79 Å². The molecule has 4 aliphatic rings. The molecule has 21 heavy (non-hydrogen) atoms. The molecule has 1 amide bonds. The van der Waals surface area contributed by atoms with E-state index in [4.69, 9.17) is 5.73 Å². The van der Waals surface area contributed by atoms with Crippen molar-refractivity contribution < 1.29 is 4.79 Å². The standard InChI is InChI=1S/C18H22N2O/c19-14-4-3-10-5-6-20(9-13(10)8-14)18(21)17-15-11-1-2-12(7-11)16(15)17/h3-4,8,11-12,15-17H,1-2,5-7,9,19H2. The van der Waals surface area contributed by atoms with Gasteiger partial charge < -0.3 is 10.6 Å². The van der Waals surface area contributed by atoms with Crippen LogP contribution in [0.3, 0.4) is 0 Å². The smallest absolute Gasteiger partial charge is 0.226 e. The maximum Gasteiger partial charge on any atom is 0.226 e. The number of fused-ring (bicyclic) bond motifs is 6. The molecule has 3 saturated carbocycles. The quantitative estimate of drug-likeness (QED) is 0.804. The highest BCUT2D eigenvalue weighted by Crippen LogP contribution is 2.69. The molecule has 1 heterocycles. The van der Waals surface area contributed by atoms with Crippen LogP contribution in [0.5, 0.6) is 0 Å². The molecule has 3 aliphatic carbocycles. The molecular formula is C18H22N2O. The summed E-state index contributed by atoms with van der Waals surface area (Å²) in [6.45, 7) is 1.66. The van der Waals surface area contributed by atoms with Gasteiger partial charge in [-0.3, -0.25) is 4.79 Å². The molecular weight excluding hydrogens is 260 g/mol. The van der Waals surface area contributed by atoms with Crippen molar-refractivity contribution in [2.75, 3.05) is 12.3 Å². The third kappa shape index (κ3) is 1.63. The predicted octanol–water partition coefficient (Wildman–Crippen LogP) is 2.45. The molecule has 1 aromatic rings. The van der Waals surface area contributed by atoms with Crippen LogP contribution in [0.1, 0.15) is 30.4 Å². The topological polar surface area (TPSA) is 46.3 Å². The van der Waals surface area contributed by atoms with E-state index in [1.54, 1.807) is 0 Å². The fourth-order valence-corrected chi connectivity index (χ4v) is 5.63. The Labute approximate surface area is 125 Å². The molecule has 3 fully saturated rings. The van der Waals surface area contributed by atoms with Crippen molar-refractivity contribution >= 4 is 11.6 Å². The summed E-state index contributed by atoms with van der Waals surface area (Å²) in [5, 5.41) is 0. The van der Waals surface area contributed by atoms with Gasteiger partial charge in [0.25, 0.3) is 0 Å². The van der Waals surface area contributed by atoms with Gasteiger partial charge in [0, 0.05) is 24.7 Å². The Kier molecular flexibility index (Phi) is 2.31. The lowest BCUT2D eigenvalue weighted by Crippen LogP contribution is -2.38. The van der Waals surface area contributed by atoms with E-state index in [1.807, 2.05) is 12.1 Å². The summed E-state index contributed by atoms with van der Waals surface area (Å²) in [6.07, 6.45) is 5.17. The number of rotatable bonds is 1. The Morgan fingerprint density at radius 1 is 1.14 bits per heavy atom. The van der Waals surface area contributed by atoms with Gasteiger partial charge in [-0.25, -0.2) is 0 Å². The molecule has 3 heteroatoms. The second kappa shape index (κ2) is 4.02. The minimum atomic E-state index is 0.374. The Morgan fingerprint density at radius 2 is 1.90 bits per heavy atom. The van der Waals surface area contributed by atoms with Gasteiger partial charge in [0.2, 0.25) is 5.91 Å². The first-order chi connectivity index (χ1) is 10.2. The van der Waals surface area contributed by atoms with Crippen LogP contribution in [0, 0.1) is 29.6 Å². The van der Waals surface area contributed by atoms with E-state index in [1.165, 1.54) is 30.4 Å². The predicted molar refractivity (Wildman–Crippen MR) is 81.3 cm³/mol. The largest absolute Gasteiger partial charge is 0.399 e. The normalized spacial score (nSPS) is 39.0. The Bertz CT molecular complexity index is 610. The van der Waals surface area contributed by atoms with E-state index in [0.29, 0.717) is 11.8 Å². The molecule has 0 aromatic heterocycles. The SMILES string of the molecule is Nc1ccc2c(c1)CN(C(=O)C1C3C4CCC(C4)C13)CC2. The van der Waals surface area contributed by atoms with Gasteiger partial charge in [0.05, 0.1) is 0 Å². The van der Waals surface area contributed by atoms with Crippen molar-refractivity contribution in [3.63, 3.8) is 0 Å². The zero-order valence-corrected chi connectivity index (χ0v) is 12.3. The highest BCUT2D eigenvalue weighted by Gasteiger charge is 2.67. The number of carbonyl (C=O) groups excluding carboxylic acids is 1. The molecule has 3 nitrogen and oxygen atoms in total. The number of benzene rings is 1. The molecule has 1 aromatic carbocycles. The first-order valence-electron chi connectivity index (χ1n) is 8.38. The van der Waals surface area contributed by atoms with E-state index in [2.05, 4.69) is 11.0 Å².